The van der Waals surface area contributed by atoms with Gasteiger partial charge in [0, 0.05) is 31.2 Å². The maximum absolute atomic E-state index is 14.9. The molecule has 2 aromatic heterocycles. The average Bonchev–Trinajstić information content (AvgIpc) is 3.33. The molecule has 1 unspecified atom stereocenters. The van der Waals surface area contributed by atoms with Crippen LogP contribution in [0.5, 0.6) is 0 Å². The number of carbonyl (C=O) groups excluding carboxylic acids is 1. The number of ether oxygens (including phenoxy) is 1. The van der Waals surface area contributed by atoms with E-state index in [0.29, 0.717) is 11.7 Å². The number of alkyl halides is 2. The molecule has 1 aliphatic carbocycles. The van der Waals surface area contributed by atoms with Gasteiger partial charge in [0.05, 0.1) is 11.9 Å². The fraction of sp³-hybridized carbons (Fsp3) is 0.650. The molecule has 1 saturated carbocycles. The van der Waals surface area contributed by atoms with E-state index < -0.39 is 30.1 Å². The summed E-state index contributed by atoms with van der Waals surface area (Å²) >= 11 is 0. The van der Waals surface area contributed by atoms with E-state index in [1.54, 1.807) is 31.5 Å². The van der Waals surface area contributed by atoms with Gasteiger partial charge in [0.1, 0.15) is 23.4 Å². The molecule has 1 saturated heterocycles. The number of hydrogen-bond donors (Lipinski definition) is 1. The van der Waals surface area contributed by atoms with Gasteiger partial charge >= 0.3 is 6.09 Å². The van der Waals surface area contributed by atoms with Gasteiger partial charge in [0.25, 0.3) is 5.92 Å². The van der Waals surface area contributed by atoms with Crippen molar-refractivity contribution in [1.29, 1.82) is 0 Å². The molecule has 29 heavy (non-hydrogen) atoms. The van der Waals surface area contributed by atoms with Gasteiger partial charge in [-0.1, -0.05) is 0 Å². The van der Waals surface area contributed by atoms with Gasteiger partial charge in [0.15, 0.2) is 0 Å². The summed E-state index contributed by atoms with van der Waals surface area (Å²) in [5.74, 6) is -3.14. The van der Waals surface area contributed by atoms with Crippen molar-refractivity contribution >= 4 is 22.9 Å². The zero-order valence-electron chi connectivity index (χ0n) is 17.0. The Morgan fingerprint density at radius 3 is 2.72 bits per heavy atom. The second-order valence-corrected chi connectivity index (χ2v) is 8.99. The van der Waals surface area contributed by atoms with Crippen molar-refractivity contribution in [3.05, 3.63) is 18.6 Å². The van der Waals surface area contributed by atoms with Crippen LogP contribution in [-0.2, 0) is 11.3 Å². The first-order valence-electron chi connectivity index (χ1n) is 10.0. The number of halogens is 2. The van der Waals surface area contributed by atoms with Crippen LogP contribution in [0.15, 0.2) is 18.6 Å². The van der Waals surface area contributed by atoms with Crippen molar-refractivity contribution < 1.29 is 18.3 Å². The summed E-state index contributed by atoms with van der Waals surface area (Å²) in [7, 11) is 0. The van der Waals surface area contributed by atoms with Gasteiger partial charge in [-0.25, -0.2) is 23.5 Å². The Labute approximate surface area is 168 Å². The number of nitrogens with zero attached hydrogens (tertiary/aromatic N) is 4. The van der Waals surface area contributed by atoms with Gasteiger partial charge in [-0.3, -0.25) is 0 Å². The smallest absolute Gasteiger partial charge is 0.410 e. The molecule has 2 fully saturated rings. The Bertz CT molecular complexity index is 904. The van der Waals surface area contributed by atoms with Gasteiger partial charge in [0.2, 0.25) is 0 Å². The summed E-state index contributed by atoms with van der Waals surface area (Å²) in [6.07, 6.45) is 5.00. The van der Waals surface area contributed by atoms with Gasteiger partial charge < -0.3 is 19.5 Å². The molecule has 7 nitrogen and oxygen atoms in total. The Kier molecular flexibility index (Phi) is 4.86. The number of hydrogen-bond acceptors (Lipinski definition) is 5. The van der Waals surface area contributed by atoms with Crippen LogP contribution in [0.4, 0.5) is 19.4 Å². The Balaban J connectivity index is 1.47. The van der Waals surface area contributed by atoms with Gasteiger partial charge in [-0.15, -0.1) is 0 Å². The van der Waals surface area contributed by atoms with Crippen molar-refractivity contribution in [1.82, 2.24) is 19.4 Å². The predicted molar refractivity (Wildman–Crippen MR) is 105 cm³/mol. The van der Waals surface area contributed by atoms with Crippen LogP contribution < -0.4 is 5.32 Å². The van der Waals surface area contributed by atoms with Crippen molar-refractivity contribution in [3.8, 4) is 0 Å². The van der Waals surface area contributed by atoms with Crippen LogP contribution in [0.25, 0.3) is 11.0 Å². The summed E-state index contributed by atoms with van der Waals surface area (Å²) in [4.78, 5) is 21.9. The standard InChI is InChI=1S/C20H27F2N5O2/c1-19(2,3)29-18(28)27-8-6-13(20(21,22)11-27)10-26-9-7-15-16(25-14-4-5-14)23-12-24-17(15)26/h7,9,12-14H,4-6,8,10-11H2,1-3H3,(H,23,24,25). The fourth-order valence-electron chi connectivity index (χ4n) is 3.62. The van der Waals surface area contributed by atoms with Crippen molar-refractivity contribution in [3.63, 3.8) is 0 Å². The Morgan fingerprint density at radius 1 is 1.31 bits per heavy atom. The van der Waals surface area contributed by atoms with E-state index in [-0.39, 0.29) is 19.5 Å². The van der Waals surface area contributed by atoms with E-state index in [9.17, 15) is 13.6 Å². The quantitative estimate of drug-likeness (QED) is 0.832. The third-order valence-corrected chi connectivity index (χ3v) is 5.29. The number of nitrogens with one attached hydrogen (secondary N) is 1. The highest BCUT2D eigenvalue weighted by molar-refractivity contribution is 5.87. The van der Waals surface area contributed by atoms with Crippen LogP contribution in [0.2, 0.25) is 0 Å². The molecule has 1 atom stereocenters. The van der Waals surface area contributed by atoms with Crippen LogP contribution in [0.3, 0.4) is 0 Å². The molecule has 4 rings (SSSR count). The minimum Gasteiger partial charge on any atom is -0.444 e. The Morgan fingerprint density at radius 2 is 2.07 bits per heavy atom. The number of likely N-dealkylation sites (tertiary alicyclic amines) is 1. The monoisotopic (exact) mass is 407 g/mol. The Hall–Kier alpha value is -2.45. The lowest BCUT2D eigenvalue weighted by molar-refractivity contribution is -0.114. The minimum atomic E-state index is -3.01. The van der Waals surface area contributed by atoms with Gasteiger partial charge in [-0.05, 0) is 46.1 Å². The number of fused-ring (bicyclic) bond motifs is 1. The normalized spacial score (nSPS) is 22.0. The van der Waals surface area contributed by atoms with E-state index in [4.69, 9.17) is 4.74 Å². The summed E-state index contributed by atoms with van der Waals surface area (Å²) in [6, 6.07) is 2.31. The number of aromatic nitrogens is 3. The summed E-state index contributed by atoms with van der Waals surface area (Å²) < 4.78 is 36.7. The molecular formula is C20H27F2N5O2. The second kappa shape index (κ2) is 7.11. The SMILES string of the molecule is CC(C)(C)OC(=O)N1CCC(Cn2ccc3c(NC4CC4)ncnc32)C(F)(F)C1. The van der Waals surface area contributed by atoms with Crippen LogP contribution >= 0.6 is 0 Å². The van der Waals surface area contributed by atoms with E-state index in [1.165, 1.54) is 6.33 Å². The highest BCUT2D eigenvalue weighted by Gasteiger charge is 2.46. The number of piperidine rings is 1. The zero-order chi connectivity index (χ0) is 20.8. The molecule has 0 aromatic carbocycles. The topological polar surface area (TPSA) is 72.3 Å². The largest absolute Gasteiger partial charge is 0.444 e. The predicted octanol–water partition coefficient (Wildman–Crippen LogP) is 3.90. The summed E-state index contributed by atoms with van der Waals surface area (Å²) in [5, 5.41) is 4.20. The first kappa shape index (κ1) is 19.8. The number of carbonyl (C=O) groups is 1. The lowest BCUT2D eigenvalue weighted by Gasteiger charge is -2.38. The maximum atomic E-state index is 14.9. The highest BCUT2D eigenvalue weighted by Crippen LogP contribution is 2.36. The maximum Gasteiger partial charge on any atom is 0.410 e. The summed E-state index contributed by atoms with van der Waals surface area (Å²) in [5.41, 5.74) is -0.0624. The van der Waals surface area contributed by atoms with Crippen LogP contribution in [0, 0.1) is 5.92 Å². The van der Waals surface area contributed by atoms with Crippen LogP contribution in [-0.4, -0.2) is 56.2 Å². The number of anilines is 1. The highest BCUT2D eigenvalue weighted by atomic mass is 19.3. The van der Waals surface area contributed by atoms with E-state index >= 15 is 0 Å². The molecule has 2 aromatic rings. The second-order valence-electron chi connectivity index (χ2n) is 8.99. The average molecular weight is 407 g/mol. The third kappa shape index (κ3) is 4.43. The van der Waals surface area contributed by atoms with Crippen LogP contribution in [0.1, 0.15) is 40.0 Å². The van der Waals surface area contributed by atoms with E-state index in [1.807, 2.05) is 6.07 Å². The minimum absolute atomic E-state index is 0.137. The lowest BCUT2D eigenvalue weighted by Crippen LogP contribution is -2.52. The lowest BCUT2D eigenvalue weighted by atomic mass is 9.93. The molecule has 1 amide bonds. The molecule has 2 aliphatic rings. The van der Waals surface area contributed by atoms with Crippen molar-refractivity contribution in [2.45, 2.75) is 64.1 Å². The van der Waals surface area contributed by atoms with Crippen molar-refractivity contribution in [2.75, 3.05) is 18.4 Å². The fourth-order valence-corrected chi connectivity index (χ4v) is 3.62. The molecule has 1 N–H and O–H groups in total. The summed E-state index contributed by atoms with van der Waals surface area (Å²) in [6.45, 7) is 4.93. The zero-order valence-corrected chi connectivity index (χ0v) is 17.0. The number of rotatable bonds is 4. The third-order valence-electron chi connectivity index (χ3n) is 5.29. The van der Waals surface area contributed by atoms with E-state index in [0.717, 1.165) is 28.9 Å². The molecule has 3 heterocycles. The van der Waals surface area contributed by atoms with E-state index in [2.05, 4.69) is 15.3 Å². The molecule has 0 spiro atoms. The molecule has 0 radical (unpaired) electrons. The van der Waals surface area contributed by atoms with Gasteiger partial charge in [-0.2, -0.15) is 0 Å². The van der Waals surface area contributed by atoms with Crippen molar-refractivity contribution in [2.24, 2.45) is 5.92 Å². The first-order valence-corrected chi connectivity index (χ1v) is 10.0. The molecule has 158 valence electrons. The molecule has 9 heteroatoms. The first-order chi connectivity index (χ1) is 13.6. The molecule has 0 bridgehead atoms. The molecule has 1 aliphatic heterocycles. The number of amides is 1. The molecular weight excluding hydrogens is 380 g/mol.